The van der Waals surface area contributed by atoms with Crippen molar-refractivity contribution < 1.29 is 9.13 Å². The highest BCUT2D eigenvalue weighted by molar-refractivity contribution is 5.76. The summed E-state index contributed by atoms with van der Waals surface area (Å²) in [6.45, 7) is 2.50. The molecular weight excluding hydrogens is 305 g/mol. The molecule has 1 fully saturated rings. The Hall–Kier alpha value is -2.40. The van der Waals surface area contributed by atoms with E-state index in [9.17, 15) is 4.39 Å². The van der Waals surface area contributed by atoms with E-state index < -0.39 is 0 Å². The summed E-state index contributed by atoms with van der Waals surface area (Å²) in [5.41, 5.74) is 2.71. The SMILES string of the molecule is COc1ccc2nc([C@H]3CCN(Cc4ccccc4F)C3)[nH]c2c1. The van der Waals surface area contributed by atoms with Crippen LogP contribution in [0.15, 0.2) is 42.5 Å². The molecule has 124 valence electrons. The second-order valence-corrected chi connectivity index (χ2v) is 6.32. The Morgan fingerprint density at radius 1 is 1.29 bits per heavy atom. The number of nitrogens with one attached hydrogen (secondary N) is 1. The van der Waals surface area contributed by atoms with Crippen molar-refractivity contribution in [2.75, 3.05) is 20.2 Å². The van der Waals surface area contributed by atoms with E-state index in [2.05, 4.69) is 9.88 Å². The van der Waals surface area contributed by atoms with Crippen LogP contribution < -0.4 is 4.74 Å². The molecule has 1 saturated heterocycles. The van der Waals surface area contributed by atoms with Crippen molar-refractivity contribution >= 4 is 11.0 Å². The van der Waals surface area contributed by atoms with Gasteiger partial charge in [0.05, 0.1) is 18.1 Å². The van der Waals surface area contributed by atoms with Crippen molar-refractivity contribution in [3.8, 4) is 5.75 Å². The molecular formula is C19H20FN3O. The van der Waals surface area contributed by atoms with Crippen molar-refractivity contribution in [3.63, 3.8) is 0 Å². The number of rotatable bonds is 4. The summed E-state index contributed by atoms with van der Waals surface area (Å²) in [7, 11) is 1.66. The zero-order chi connectivity index (χ0) is 16.5. The van der Waals surface area contributed by atoms with Gasteiger partial charge in [-0.15, -0.1) is 0 Å². The summed E-state index contributed by atoms with van der Waals surface area (Å²) in [5, 5.41) is 0. The van der Waals surface area contributed by atoms with E-state index in [1.54, 1.807) is 13.2 Å². The van der Waals surface area contributed by atoms with Crippen LogP contribution in [-0.4, -0.2) is 35.1 Å². The fourth-order valence-corrected chi connectivity index (χ4v) is 3.40. The van der Waals surface area contributed by atoms with Crippen LogP contribution in [0.25, 0.3) is 11.0 Å². The molecule has 0 radical (unpaired) electrons. The van der Waals surface area contributed by atoms with Gasteiger partial charge < -0.3 is 9.72 Å². The average molecular weight is 325 g/mol. The van der Waals surface area contributed by atoms with Gasteiger partial charge in [-0.2, -0.15) is 0 Å². The number of hydrogen-bond donors (Lipinski definition) is 1. The van der Waals surface area contributed by atoms with Crippen LogP contribution >= 0.6 is 0 Å². The lowest BCUT2D eigenvalue weighted by molar-refractivity contribution is 0.320. The first-order valence-corrected chi connectivity index (χ1v) is 8.22. The summed E-state index contributed by atoms with van der Waals surface area (Å²) in [5.74, 6) is 2.06. The first-order valence-electron chi connectivity index (χ1n) is 8.22. The normalized spacial score (nSPS) is 18.3. The van der Waals surface area contributed by atoms with Gasteiger partial charge in [-0.3, -0.25) is 4.90 Å². The number of imidazole rings is 1. The molecule has 4 nitrogen and oxygen atoms in total. The number of ether oxygens (including phenoxy) is 1. The molecule has 1 atom stereocenters. The molecule has 2 aromatic carbocycles. The summed E-state index contributed by atoms with van der Waals surface area (Å²) in [6, 6.07) is 12.9. The number of H-pyrrole nitrogens is 1. The predicted molar refractivity (Wildman–Crippen MR) is 91.7 cm³/mol. The Labute approximate surface area is 140 Å². The largest absolute Gasteiger partial charge is 0.497 e. The third-order valence-corrected chi connectivity index (χ3v) is 4.72. The molecule has 0 saturated carbocycles. The van der Waals surface area contributed by atoms with Crippen molar-refractivity contribution in [2.45, 2.75) is 18.9 Å². The number of fused-ring (bicyclic) bond motifs is 1. The van der Waals surface area contributed by atoms with Crippen LogP contribution in [0.4, 0.5) is 4.39 Å². The van der Waals surface area contributed by atoms with Gasteiger partial charge in [0.25, 0.3) is 0 Å². The third-order valence-electron chi connectivity index (χ3n) is 4.72. The van der Waals surface area contributed by atoms with Crippen LogP contribution in [0.1, 0.15) is 23.7 Å². The molecule has 24 heavy (non-hydrogen) atoms. The van der Waals surface area contributed by atoms with Gasteiger partial charge in [0, 0.05) is 30.6 Å². The zero-order valence-electron chi connectivity index (χ0n) is 13.6. The van der Waals surface area contributed by atoms with Crippen molar-refractivity contribution in [2.24, 2.45) is 0 Å². The van der Waals surface area contributed by atoms with Crippen molar-refractivity contribution in [3.05, 3.63) is 59.7 Å². The van der Waals surface area contributed by atoms with Gasteiger partial charge in [-0.25, -0.2) is 9.37 Å². The van der Waals surface area contributed by atoms with E-state index in [1.165, 1.54) is 6.07 Å². The molecule has 0 aliphatic carbocycles. The van der Waals surface area contributed by atoms with Crippen LogP contribution in [0, 0.1) is 5.82 Å². The van der Waals surface area contributed by atoms with Gasteiger partial charge in [-0.05, 0) is 31.2 Å². The van der Waals surface area contributed by atoms with Crippen LogP contribution in [0.2, 0.25) is 0 Å². The molecule has 1 aromatic heterocycles. The number of halogens is 1. The minimum atomic E-state index is -0.128. The molecule has 4 rings (SSSR count). The molecule has 3 aromatic rings. The smallest absolute Gasteiger partial charge is 0.127 e. The van der Waals surface area contributed by atoms with E-state index in [0.717, 1.165) is 47.7 Å². The fraction of sp³-hybridized carbons (Fsp3) is 0.316. The monoisotopic (exact) mass is 325 g/mol. The highest BCUT2D eigenvalue weighted by Crippen LogP contribution is 2.29. The average Bonchev–Trinajstić information content (AvgIpc) is 3.22. The number of benzene rings is 2. The Bertz CT molecular complexity index is 861. The molecule has 5 heteroatoms. The van der Waals surface area contributed by atoms with Crippen LogP contribution in [0.5, 0.6) is 5.75 Å². The first-order chi connectivity index (χ1) is 11.7. The van der Waals surface area contributed by atoms with Gasteiger partial charge in [0.2, 0.25) is 0 Å². The van der Waals surface area contributed by atoms with Crippen molar-refractivity contribution in [1.29, 1.82) is 0 Å². The topological polar surface area (TPSA) is 41.1 Å². The van der Waals surface area contributed by atoms with Crippen LogP contribution in [-0.2, 0) is 6.54 Å². The zero-order valence-corrected chi connectivity index (χ0v) is 13.6. The fourth-order valence-electron chi connectivity index (χ4n) is 3.40. The van der Waals surface area contributed by atoms with E-state index in [1.807, 2.05) is 30.3 Å². The molecule has 0 amide bonds. The summed E-state index contributed by atoms with van der Waals surface area (Å²) >= 11 is 0. The second kappa shape index (κ2) is 6.24. The lowest BCUT2D eigenvalue weighted by Crippen LogP contribution is -2.20. The van der Waals surface area contributed by atoms with Gasteiger partial charge in [0.1, 0.15) is 17.4 Å². The molecule has 1 aliphatic rings. The number of methoxy groups -OCH3 is 1. The molecule has 1 aliphatic heterocycles. The number of nitrogens with zero attached hydrogens (tertiary/aromatic N) is 2. The molecule has 1 N–H and O–H groups in total. The Morgan fingerprint density at radius 2 is 2.17 bits per heavy atom. The first kappa shape index (κ1) is 15.1. The minimum absolute atomic E-state index is 0.128. The standard InChI is InChI=1S/C19H20FN3O/c1-24-15-6-7-17-18(10-15)22-19(21-17)14-8-9-23(12-14)11-13-4-2-3-5-16(13)20/h2-7,10,14H,8-9,11-12H2,1H3,(H,21,22)/t14-/m0/s1. The minimum Gasteiger partial charge on any atom is -0.497 e. The van der Waals surface area contributed by atoms with Crippen molar-refractivity contribution in [1.82, 2.24) is 14.9 Å². The highest BCUT2D eigenvalue weighted by Gasteiger charge is 2.26. The maximum atomic E-state index is 13.8. The Morgan fingerprint density at radius 3 is 3.00 bits per heavy atom. The van der Waals surface area contributed by atoms with Gasteiger partial charge in [0.15, 0.2) is 0 Å². The maximum absolute atomic E-state index is 13.8. The van der Waals surface area contributed by atoms with E-state index >= 15 is 0 Å². The predicted octanol–water partition coefficient (Wildman–Crippen LogP) is 3.70. The molecule has 2 heterocycles. The molecule has 0 unspecified atom stereocenters. The summed E-state index contributed by atoms with van der Waals surface area (Å²) in [4.78, 5) is 10.4. The Balaban J connectivity index is 1.49. The van der Waals surface area contributed by atoms with Crippen LogP contribution in [0.3, 0.4) is 0 Å². The molecule has 0 bridgehead atoms. The number of hydrogen-bond acceptors (Lipinski definition) is 3. The number of aromatic nitrogens is 2. The third kappa shape index (κ3) is 2.87. The quantitative estimate of drug-likeness (QED) is 0.795. The lowest BCUT2D eigenvalue weighted by atomic mass is 10.1. The van der Waals surface area contributed by atoms with E-state index in [4.69, 9.17) is 9.72 Å². The summed E-state index contributed by atoms with van der Waals surface area (Å²) in [6.07, 6.45) is 1.03. The molecule has 0 spiro atoms. The van der Waals surface area contributed by atoms with Gasteiger partial charge in [-0.1, -0.05) is 18.2 Å². The second-order valence-electron chi connectivity index (χ2n) is 6.32. The van der Waals surface area contributed by atoms with E-state index in [0.29, 0.717) is 12.5 Å². The highest BCUT2D eigenvalue weighted by atomic mass is 19.1. The summed E-state index contributed by atoms with van der Waals surface area (Å²) < 4.78 is 19.1. The Kier molecular flexibility index (Phi) is 3.94. The van der Waals surface area contributed by atoms with E-state index in [-0.39, 0.29) is 5.82 Å². The number of likely N-dealkylation sites (tertiary alicyclic amines) is 1. The number of aromatic amines is 1. The maximum Gasteiger partial charge on any atom is 0.127 e. The van der Waals surface area contributed by atoms with Gasteiger partial charge >= 0.3 is 0 Å². The lowest BCUT2D eigenvalue weighted by Gasteiger charge is -2.15.